The maximum atomic E-state index is 13.0. The smallest absolute Gasteiger partial charge is 0.308 e. The number of thiazole rings is 1. The number of fused-ring (bicyclic) bond motifs is 1. The maximum absolute atomic E-state index is 13.0. The number of aromatic nitrogens is 3. The number of nitro groups is 1. The molecule has 0 bridgehead atoms. The van der Waals surface area contributed by atoms with Gasteiger partial charge < -0.3 is 9.88 Å². The van der Waals surface area contributed by atoms with E-state index in [2.05, 4.69) is 20.0 Å². The van der Waals surface area contributed by atoms with Crippen molar-refractivity contribution in [1.29, 1.82) is 0 Å². The molecule has 1 atom stereocenters. The Morgan fingerprint density at radius 1 is 1.39 bits per heavy atom. The van der Waals surface area contributed by atoms with Crippen LogP contribution < -0.4 is 15.6 Å². The van der Waals surface area contributed by atoms with Crippen LogP contribution in [0.1, 0.15) is 12.1 Å². The Hall–Kier alpha value is -2.88. The minimum absolute atomic E-state index is 0.00801. The molecule has 1 aromatic carbocycles. The van der Waals surface area contributed by atoms with Crippen LogP contribution >= 0.6 is 23.1 Å². The monoisotopic (exact) mass is 512 g/mol. The lowest BCUT2D eigenvalue weighted by atomic mass is 10.2. The van der Waals surface area contributed by atoms with Crippen molar-refractivity contribution < 1.29 is 18.1 Å². The van der Waals surface area contributed by atoms with Crippen molar-refractivity contribution in [2.24, 2.45) is 7.05 Å². The second-order valence-electron chi connectivity index (χ2n) is 6.92. The van der Waals surface area contributed by atoms with Gasteiger partial charge in [-0.1, -0.05) is 0 Å². The zero-order valence-electron chi connectivity index (χ0n) is 17.8. The fourth-order valence-electron chi connectivity index (χ4n) is 2.96. The highest BCUT2D eigenvalue weighted by molar-refractivity contribution is 7.98. The van der Waals surface area contributed by atoms with Gasteiger partial charge in [0, 0.05) is 7.05 Å². The van der Waals surface area contributed by atoms with Crippen LogP contribution in [0.4, 0.5) is 10.1 Å². The van der Waals surface area contributed by atoms with Gasteiger partial charge in [0.1, 0.15) is 17.9 Å². The molecule has 0 saturated heterocycles. The number of rotatable bonds is 9. The Balaban J connectivity index is 1.88. The van der Waals surface area contributed by atoms with E-state index in [1.54, 1.807) is 7.05 Å². The van der Waals surface area contributed by atoms with Gasteiger partial charge in [0.15, 0.2) is 5.13 Å². The number of anilines is 1. The van der Waals surface area contributed by atoms with Crippen molar-refractivity contribution in [2.45, 2.75) is 24.3 Å². The summed E-state index contributed by atoms with van der Waals surface area (Å²) in [7, 11) is -2.57. The van der Waals surface area contributed by atoms with Crippen molar-refractivity contribution in [3.05, 3.63) is 50.6 Å². The summed E-state index contributed by atoms with van der Waals surface area (Å²) in [6, 6.07) is 2.99. The quantitative estimate of drug-likeness (QED) is 0.320. The first kappa shape index (κ1) is 24.8. The van der Waals surface area contributed by atoms with E-state index in [1.807, 2.05) is 6.26 Å². The van der Waals surface area contributed by atoms with Crippen LogP contribution in [0.5, 0.6) is 0 Å². The highest BCUT2D eigenvalue weighted by Gasteiger charge is 2.27. The summed E-state index contributed by atoms with van der Waals surface area (Å²) in [6.45, 7) is 1.53. The van der Waals surface area contributed by atoms with Crippen LogP contribution in [0, 0.1) is 17.0 Å². The Kier molecular flexibility index (Phi) is 7.46. The fraction of sp³-hybridized carbons (Fsp3) is 0.333. The van der Waals surface area contributed by atoms with Gasteiger partial charge in [-0.3, -0.25) is 19.7 Å². The van der Waals surface area contributed by atoms with Crippen LogP contribution in [0.25, 0.3) is 11.0 Å². The second-order valence-corrected chi connectivity index (χ2v) is 10.6. The molecule has 2 aromatic heterocycles. The molecule has 0 radical (unpaired) electrons. The van der Waals surface area contributed by atoms with Crippen molar-refractivity contribution >= 4 is 60.2 Å². The molecule has 2 N–H and O–H groups in total. The van der Waals surface area contributed by atoms with Gasteiger partial charge in [0.25, 0.3) is 5.56 Å². The molecule has 176 valence electrons. The van der Waals surface area contributed by atoms with Crippen molar-refractivity contribution in [2.75, 3.05) is 17.3 Å². The number of nitrogens with one attached hydrogen (secondary N) is 2. The van der Waals surface area contributed by atoms with E-state index in [9.17, 15) is 28.1 Å². The predicted molar refractivity (Wildman–Crippen MR) is 126 cm³/mol. The van der Waals surface area contributed by atoms with Gasteiger partial charge in [0.05, 0.1) is 20.9 Å². The summed E-state index contributed by atoms with van der Waals surface area (Å²) in [5.74, 6) is -0.201. The molecule has 1 amide bonds. The molecule has 15 heteroatoms. The number of hydrogen-bond donors (Lipinski definition) is 2. The number of nitrogens with zero attached hydrogens (tertiary/aromatic N) is 4. The minimum Gasteiger partial charge on any atom is -0.308 e. The van der Waals surface area contributed by atoms with Crippen LogP contribution in [-0.4, -0.2) is 51.8 Å². The third-order valence-electron chi connectivity index (χ3n) is 4.65. The second kappa shape index (κ2) is 9.94. The highest BCUT2D eigenvalue weighted by Crippen LogP contribution is 2.25. The average molecular weight is 513 g/mol. The first-order valence-electron chi connectivity index (χ1n) is 9.43. The lowest BCUT2D eigenvalue weighted by Crippen LogP contribution is -2.44. The van der Waals surface area contributed by atoms with E-state index in [0.29, 0.717) is 28.1 Å². The van der Waals surface area contributed by atoms with Crippen LogP contribution in [0.15, 0.2) is 34.1 Å². The van der Waals surface area contributed by atoms with Gasteiger partial charge in [-0.25, -0.2) is 18.4 Å². The van der Waals surface area contributed by atoms with E-state index in [4.69, 9.17) is 0 Å². The van der Waals surface area contributed by atoms with Crippen molar-refractivity contribution in [1.82, 2.24) is 19.3 Å². The topological polar surface area (TPSA) is 166 Å². The molecule has 0 fully saturated rings. The van der Waals surface area contributed by atoms with E-state index >= 15 is 0 Å². The lowest BCUT2D eigenvalue weighted by Gasteiger charge is -2.18. The third kappa shape index (κ3) is 5.55. The first-order valence-corrected chi connectivity index (χ1v) is 13.1. The number of amides is 1. The van der Waals surface area contributed by atoms with Crippen molar-refractivity contribution in [3.8, 4) is 0 Å². The predicted octanol–water partition coefficient (Wildman–Crippen LogP) is 1.65. The van der Waals surface area contributed by atoms with Gasteiger partial charge in [-0.2, -0.15) is 16.5 Å². The van der Waals surface area contributed by atoms with Crippen LogP contribution in [-0.2, 0) is 21.9 Å². The largest absolute Gasteiger partial charge is 0.345 e. The summed E-state index contributed by atoms with van der Waals surface area (Å²) < 4.78 is 29.9. The van der Waals surface area contributed by atoms with Crippen molar-refractivity contribution in [3.63, 3.8) is 0 Å². The van der Waals surface area contributed by atoms with Gasteiger partial charge in [-0.05, 0) is 54.9 Å². The van der Waals surface area contributed by atoms with E-state index in [1.165, 1.54) is 41.5 Å². The lowest BCUT2D eigenvalue weighted by molar-refractivity contribution is -0.380. The zero-order chi connectivity index (χ0) is 24.3. The Bertz CT molecular complexity index is 1380. The van der Waals surface area contributed by atoms with E-state index in [0.717, 1.165) is 6.20 Å². The standard InChI is InChI=1S/C18H20N6O6S3/c1-10-17(26)23(2)14-5-4-11(8-13(14)20-10)33(29,30)22-12(6-7-31-3)16(25)21-18-19-9-15(32-18)24(27)28/h4-5,8-9,12,22H,6-7H2,1-3H3,(H,19,21,25)/t12-/m1/s1. The third-order valence-corrected chi connectivity index (χ3v) is 7.63. The first-order chi connectivity index (χ1) is 15.5. The number of aryl methyl sites for hydroxylation is 2. The molecule has 0 aliphatic carbocycles. The minimum atomic E-state index is -4.14. The summed E-state index contributed by atoms with van der Waals surface area (Å²) in [4.78, 5) is 42.8. The molecule has 3 rings (SSSR count). The summed E-state index contributed by atoms with van der Waals surface area (Å²) >= 11 is 2.10. The van der Waals surface area contributed by atoms with Gasteiger partial charge >= 0.3 is 5.00 Å². The number of sulfonamides is 1. The number of carbonyl (C=O) groups is 1. The molecular formula is C18H20N6O6S3. The molecule has 2 heterocycles. The normalized spacial score (nSPS) is 12.6. The van der Waals surface area contributed by atoms with Gasteiger partial charge in [0.2, 0.25) is 15.9 Å². The molecular weight excluding hydrogens is 492 g/mol. The number of hydrogen-bond acceptors (Lipinski definition) is 10. The molecule has 0 spiro atoms. The summed E-state index contributed by atoms with van der Waals surface area (Å²) in [5.41, 5.74) is 0.721. The van der Waals surface area contributed by atoms with Crippen LogP contribution in [0.3, 0.4) is 0 Å². The Morgan fingerprint density at radius 3 is 2.76 bits per heavy atom. The number of thioether (sulfide) groups is 1. The van der Waals surface area contributed by atoms with Crippen LogP contribution in [0.2, 0.25) is 0 Å². The SMILES string of the molecule is CSCC[C@@H](NS(=O)(=O)c1ccc2c(c1)nc(C)c(=O)n2C)C(=O)Nc1ncc([N+](=O)[O-])s1. The zero-order valence-corrected chi connectivity index (χ0v) is 20.2. The molecule has 12 nitrogen and oxygen atoms in total. The average Bonchev–Trinajstić information content (AvgIpc) is 3.23. The van der Waals surface area contributed by atoms with E-state index in [-0.39, 0.29) is 32.7 Å². The molecule has 0 unspecified atom stereocenters. The van der Waals surface area contributed by atoms with E-state index < -0.39 is 26.9 Å². The molecule has 0 aliphatic rings. The number of benzene rings is 1. The molecule has 0 saturated carbocycles. The Labute approximate surface area is 196 Å². The van der Waals surface area contributed by atoms with Gasteiger partial charge in [-0.15, -0.1) is 0 Å². The highest BCUT2D eigenvalue weighted by atomic mass is 32.2. The Morgan fingerprint density at radius 2 is 2.12 bits per heavy atom. The number of carbonyl (C=O) groups excluding carboxylic acids is 1. The maximum Gasteiger partial charge on any atom is 0.345 e. The molecule has 3 aromatic rings. The molecule has 0 aliphatic heterocycles. The fourth-order valence-corrected chi connectivity index (χ4v) is 5.32. The molecule has 33 heavy (non-hydrogen) atoms. The summed E-state index contributed by atoms with van der Waals surface area (Å²) in [6.07, 6.45) is 3.01. The summed E-state index contributed by atoms with van der Waals surface area (Å²) in [5, 5.41) is 13.0.